The number of methoxy groups -OCH3 is 1. The number of rotatable bonds is 8. The van der Waals surface area contributed by atoms with E-state index in [1.165, 1.54) is 19.2 Å². The van der Waals surface area contributed by atoms with E-state index in [1.807, 2.05) is 0 Å². The Hall–Kier alpha value is -2.19. The monoisotopic (exact) mass is 283 g/mol. The standard InChI is InChI=1S/C12H17N3O5/c1-19-5-4-14-12(16)8-20-11-6-9(7-13)2-3-10(11)15(17)18/h2-3,6H,4-5,7-8,13H2,1H3,(H,14,16). The Bertz CT molecular complexity index is 478. The van der Waals surface area contributed by atoms with Crippen molar-refractivity contribution in [2.24, 2.45) is 5.73 Å². The third-order valence-electron chi connectivity index (χ3n) is 2.44. The molecule has 110 valence electrons. The van der Waals surface area contributed by atoms with Crippen molar-refractivity contribution in [3.8, 4) is 5.75 Å². The number of carbonyl (C=O) groups is 1. The van der Waals surface area contributed by atoms with E-state index in [1.54, 1.807) is 6.07 Å². The van der Waals surface area contributed by atoms with Crippen LogP contribution in [-0.4, -0.2) is 37.7 Å². The predicted molar refractivity (Wildman–Crippen MR) is 71.4 cm³/mol. The van der Waals surface area contributed by atoms with Crippen LogP contribution in [0, 0.1) is 10.1 Å². The van der Waals surface area contributed by atoms with Crippen molar-refractivity contribution >= 4 is 11.6 Å². The fourth-order valence-corrected chi connectivity index (χ4v) is 1.44. The van der Waals surface area contributed by atoms with E-state index in [-0.39, 0.29) is 30.5 Å². The summed E-state index contributed by atoms with van der Waals surface area (Å²) < 4.78 is 9.96. The molecule has 0 fully saturated rings. The number of hydrogen-bond donors (Lipinski definition) is 2. The Morgan fingerprint density at radius 3 is 2.85 bits per heavy atom. The number of nitrogens with two attached hydrogens (primary N) is 1. The molecule has 0 aliphatic heterocycles. The number of benzene rings is 1. The first-order chi connectivity index (χ1) is 9.58. The van der Waals surface area contributed by atoms with E-state index in [4.69, 9.17) is 15.2 Å². The van der Waals surface area contributed by atoms with Gasteiger partial charge in [0.2, 0.25) is 0 Å². The van der Waals surface area contributed by atoms with Crippen molar-refractivity contribution in [3.63, 3.8) is 0 Å². The van der Waals surface area contributed by atoms with Gasteiger partial charge in [-0.1, -0.05) is 6.07 Å². The van der Waals surface area contributed by atoms with Gasteiger partial charge in [0.1, 0.15) is 0 Å². The van der Waals surface area contributed by atoms with Crippen LogP contribution in [0.2, 0.25) is 0 Å². The van der Waals surface area contributed by atoms with Crippen LogP contribution in [-0.2, 0) is 16.1 Å². The molecule has 0 unspecified atom stereocenters. The lowest BCUT2D eigenvalue weighted by atomic mass is 10.2. The Labute approximate surface area is 116 Å². The molecule has 1 aromatic carbocycles. The lowest BCUT2D eigenvalue weighted by Crippen LogP contribution is -2.31. The molecule has 20 heavy (non-hydrogen) atoms. The molecule has 3 N–H and O–H groups in total. The van der Waals surface area contributed by atoms with E-state index in [2.05, 4.69) is 5.32 Å². The molecule has 0 saturated carbocycles. The van der Waals surface area contributed by atoms with E-state index in [0.717, 1.165) is 0 Å². The summed E-state index contributed by atoms with van der Waals surface area (Å²) in [6.07, 6.45) is 0. The van der Waals surface area contributed by atoms with E-state index >= 15 is 0 Å². The SMILES string of the molecule is COCCNC(=O)COc1cc(CN)ccc1[N+](=O)[O-]. The molecule has 0 heterocycles. The van der Waals surface area contributed by atoms with Crippen LogP contribution in [0.1, 0.15) is 5.56 Å². The highest BCUT2D eigenvalue weighted by molar-refractivity contribution is 5.77. The Balaban J connectivity index is 2.65. The second-order valence-electron chi connectivity index (χ2n) is 3.89. The van der Waals surface area contributed by atoms with Gasteiger partial charge in [0.25, 0.3) is 5.91 Å². The van der Waals surface area contributed by atoms with Crippen LogP contribution >= 0.6 is 0 Å². The zero-order valence-electron chi connectivity index (χ0n) is 11.1. The van der Waals surface area contributed by atoms with Gasteiger partial charge in [0.05, 0.1) is 11.5 Å². The van der Waals surface area contributed by atoms with Gasteiger partial charge in [-0.05, 0) is 11.6 Å². The summed E-state index contributed by atoms with van der Waals surface area (Å²) >= 11 is 0. The molecule has 8 heteroatoms. The van der Waals surface area contributed by atoms with Crippen molar-refractivity contribution in [1.82, 2.24) is 5.32 Å². The normalized spacial score (nSPS) is 10.1. The lowest BCUT2D eigenvalue weighted by Gasteiger charge is -2.08. The van der Waals surface area contributed by atoms with Gasteiger partial charge in [-0.25, -0.2) is 0 Å². The highest BCUT2D eigenvalue weighted by Gasteiger charge is 2.16. The third-order valence-corrected chi connectivity index (χ3v) is 2.44. The van der Waals surface area contributed by atoms with Gasteiger partial charge >= 0.3 is 5.69 Å². The summed E-state index contributed by atoms with van der Waals surface area (Å²) in [5.41, 5.74) is 5.95. The number of ether oxygens (including phenoxy) is 2. The van der Waals surface area contributed by atoms with Crippen LogP contribution < -0.4 is 15.8 Å². The molecular formula is C12H17N3O5. The number of nitrogens with zero attached hydrogens (tertiary/aromatic N) is 1. The number of amides is 1. The minimum atomic E-state index is -0.571. The summed E-state index contributed by atoms with van der Waals surface area (Å²) in [4.78, 5) is 21.7. The van der Waals surface area contributed by atoms with Crippen LogP contribution in [0.25, 0.3) is 0 Å². The Morgan fingerprint density at radius 2 is 2.25 bits per heavy atom. The summed E-state index contributed by atoms with van der Waals surface area (Å²) in [5, 5.41) is 13.4. The first-order valence-electron chi connectivity index (χ1n) is 5.94. The van der Waals surface area contributed by atoms with Gasteiger partial charge in [0.15, 0.2) is 12.4 Å². The topological polar surface area (TPSA) is 117 Å². The first kappa shape index (κ1) is 15.9. The van der Waals surface area contributed by atoms with E-state index < -0.39 is 4.92 Å². The molecule has 1 rings (SSSR count). The Morgan fingerprint density at radius 1 is 1.50 bits per heavy atom. The molecule has 0 aromatic heterocycles. The highest BCUT2D eigenvalue weighted by Crippen LogP contribution is 2.27. The second-order valence-corrected chi connectivity index (χ2v) is 3.89. The minimum Gasteiger partial charge on any atom is -0.477 e. The third kappa shape index (κ3) is 4.82. The van der Waals surface area contributed by atoms with Gasteiger partial charge in [-0.15, -0.1) is 0 Å². The van der Waals surface area contributed by atoms with E-state index in [9.17, 15) is 14.9 Å². The smallest absolute Gasteiger partial charge is 0.310 e. The number of nitrogens with one attached hydrogen (secondary N) is 1. The summed E-state index contributed by atoms with van der Waals surface area (Å²) in [6, 6.07) is 4.31. The lowest BCUT2D eigenvalue weighted by molar-refractivity contribution is -0.385. The van der Waals surface area contributed by atoms with E-state index in [0.29, 0.717) is 18.7 Å². The predicted octanol–water partition coefficient (Wildman–Crippen LogP) is 0.195. The zero-order chi connectivity index (χ0) is 15.0. The van der Waals surface area contributed by atoms with Gasteiger partial charge in [-0.2, -0.15) is 0 Å². The average Bonchev–Trinajstić information content (AvgIpc) is 2.44. The quantitative estimate of drug-likeness (QED) is 0.400. The maximum atomic E-state index is 11.4. The molecule has 1 amide bonds. The molecule has 0 aliphatic rings. The maximum absolute atomic E-state index is 11.4. The van der Waals surface area contributed by atoms with Crippen molar-refractivity contribution in [1.29, 1.82) is 0 Å². The van der Waals surface area contributed by atoms with Crippen molar-refractivity contribution in [2.45, 2.75) is 6.54 Å². The number of nitro benzene ring substituents is 1. The van der Waals surface area contributed by atoms with Gasteiger partial charge in [0, 0.05) is 26.3 Å². The summed E-state index contributed by atoms with van der Waals surface area (Å²) in [7, 11) is 1.52. The fraction of sp³-hybridized carbons (Fsp3) is 0.417. The summed E-state index contributed by atoms with van der Waals surface area (Å²) in [5.74, 6) is -0.352. The second kappa shape index (κ2) is 8.08. The van der Waals surface area contributed by atoms with Crippen LogP contribution in [0.4, 0.5) is 5.69 Å². The van der Waals surface area contributed by atoms with Gasteiger partial charge < -0.3 is 20.5 Å². The fourth-order valence-electron chi connectivity index (χ4n) is 1.44. The first-order valence-corrected chi connectivity index (χ1v) is 5.94. The molecule has 0 radical (unpaired) electrons. The number of carbonyl (C=O) groups excluding carboxylic acids is 1. The van der Waals surface area contributed by atoms with Crippen LogP contribution in [0.15, 0.2) is 18.2 Å². The number of nitro groups is 1. The highest BCUT2D eigenvalue weighted by atomic mass is 16.6. The molecule has 8 nitrogen and oxygen atoms in total. The van der Waals surface area contributed by atoms with Crippen LogP contribution in [0.3, 0.4) is 0 Å². The molecular weight excluding hydrogens is 266 g/mol. The number of hydrogen-bond acceptors (Lipinski definition) is 6. The molecule has 0 atom stereocenters. The molecule has 1 aromatic rings. The zero-order valence-corrected chi connectivity index (χ0v) is 11.1. The van der Waals surface area contributed by atoms with Crippen molar-refractivity contribution in [3.05, 3.63) is 33.9 Å². The van der Waals surface area contributed by atoms with Crippen LogP contribution in [0.5, 0.6) is 5.75 Å². The van der Waals surface area contributed by atoms with Crippen molar-refractivity contribution in [2.75, 3.05) is 26.9 Å². The van der Waals surface area contributed by atoms with Crippen molar-refractivity contribution < 1.29 is 19.2 Å². The van der Waals surface area contributed by atoms with Gasteiger partial charge in [-0.3, -0.25) is 14.9 Å². The summed E-state index contributed by atoms with van der Waals surface area (Å²) in [6.45, 7) is 0.658. The largest absolute Gasteiger partial charge is 0.477 e. The Kier molecular flexibility index (Phi) is 6.41. The molecule has 0 spiro atoms. The molecule has 0 aliphatic carbocycles. The molecule has 0 saturated heterocycles. The minimum absolute atomic E-state index is 0.0276. The maximum Gasteiger partial charge on any atom is 0.310 e. The molecule has 0 bridgehead atoms. The average molecular weight is 283 g/mol.